The number of amides is 1. The number of carbonyl (C=O) groups excluding carboxylic acids is 1. The predicted molar refractivity (Wildman–Crippen MR) is 80.1 cm³/mol. The van der Waals surface area contributed by atoms with Gasteiger partial charge in [-0.05, 0) is 24.3 Å². The van der Waals surface area contributed by atoms with Crippen LogP contribution in [-0.4, -0.2) is 15.0 Å². The Morgan fingerprint density at radius 1 is 1.05 bits per heavy atom. The van der Waals surface area contributed by atoms with Crippen molar-refractivity contribution in [1.82, 2.24) is 9.13 Å². The number of nitrogens with two attached hydrogens (primary N) is 2. The lowest BCUT2D eigenvalue weighted by atomic mass is 10.2. The molecule has 2 aromatic rings. The molecule has 1 aromatic heterocycles. The van der Waals surface area contributed by atoms with Gasteiger partial charge in [-0.3, -0.25) is 18.7 Å². The molecule has 0 radical (unpaired) electrons. The Morgan fingerprint density at radius 3 is 2.19 bits per heavy atom. The van der Waals surface area contributed by atoms with E-state index in [-0.39, 0.29) is 11.5 Å². The molecule has 8 heteroatoms. The summed E-state index contributed by atoms with van der Waals surface area (Å²) >= 11 is 0. The first kappa shape index (κ1) is 14.4. The Bertz CT molecular complexity index is 817. The maximum Gasteiger partial charge on any atom is 0.332 e. The van der Waals surface area contributed by atoms with Crippen LogP contribution >= 0.6 is 0 Å². The topological polar surface area (TPSA) is 125 Å². The van der Waals surface area contributed by atoms with Crippen LogP contribution in [0, 0.1) is 0 Å². The highest BCUT2D eigenvalue weighted by molar-refractivity contribution is 6.05. The van der Waals surface area contributed by atoms with Crippen LogP contribution in [0.15, 0.2) is 33.9 Å². The molecule has 0 spiro atoms. The molecule has 0 atom stereocenters. The van der Waals surface area contributed by atoms with Gasteiger partial charge in [0, 0.05) is 25.3 Å². The number of hydrogen-bond acceptors (Lipinski definition) is 5. The van der Waals surface area contributed by atoms with Crippen LogP contribution < -0.4 is 28.0 Å². The Hall–Kier alpha value is -3.03. The summed E-state index contributed by atoms with van der Waals surface area (Å²) in [5.41, 5.74) is 10.7. The van der Waals surface area contributed by atoms with Crippen LogP contribution in [0.3, 0.4) is 0 Å². The van der Waals surface area contributed by atoms with Crippen molar-refractivity contribution in [3.05, 3.63) is 50.7 Å². The Balaban J connectivity index is 2.45. The molecule has 21 heavy (non-hydrogen) atoms. The minimum absolute atomic E-state index is 0.105. The Kier molecular flexibility index (Phi) is 3.53. The standard InChI is InChI=1S/C13H15N5O3/c1-17-10(15)9(12(20)18(2)13(17)21)16-11(19)7-3-5-8(14)6-4-7/h3-6H,14-15H2,1-2H3,(H,16,19). The molecule has 1 heterocycles. The number of hydrogen-bond donors (Lipinski definition) is 3. The van der Waals surface area contributed by atoms with Crippen molar-refractivity contribution in [2.75, 3.05) is 16.8 Å². The highest BCUT2D eigenvalue weighted by atomic mass is 16.2. The van der Waals surface area contributed by atoms with Gasteiger partial charge in [-0.15, -0.1) is 0 Å². The molecule has 5 N–H and O–H groups in total. The first-order chi connectivity index (χ1) is 9.82. The monoisotopic (exact) mass is 289 g/mol. The minimum atomic E-state index is -0.667. The third-order valence-electron chi connectivity index (χ3n) is 3.12. The van der Waals surface area contributed by atoms with Crippen LogP contribution in [0.4, 0.5) is 17.2 Å². The second kappa shape index (κ2) is 5.16. The zero-order chi connectivity index (χ0) is 15.7. The van der Waals surface area contributed by atoms with E-state index >= 15 is 0 Å². The summed E-state index contributed by atoms with van der Waals surface area (Å²) in [4.78, 5) is 35.8. The van der Waals surface area contributed by atoms with Crippen LogP contribution in [0.2, 0.25) is 0 Å². The zero-order valence-corrected chi connectivity index (χ0v) is 11.6. The number of nitrogens with one attached hydrogen (secondary N) is 1. The Labute approximate surface area is 119 Å². The molecule has 0 aliphatic rings. The van der Waals surface area contributed by atoms with Gasteiger partial charge in [0.2, 0.25) is 0 Å². The van der Waals surface area contributed by atoms with E-state index in [1.165, 1.54) is 26.2 Å². The minimum Gasteiger partial charge on any atom is -0.399 e. The maximum atomic E-state index is 12.1. The number of benzene rings is 1. The lowest BCUT2D eigenvalue weighted by Crippen LogP contribution is -2.40. The maximum absolute atomic E-state index is 12.1. The van der Waals surface area contributed by atoms with E-state index in [2.05, 4.69) is 5.32 Å². The fraction of sp³-hybridized carbons (Fsp3) is 0.154. The van der Waals surface area contributed by atoms with E-state index < -0.39 is 17.2 Å². The Morgan fingerprint density at radius 2 is 1.62 bits per heavy atom. The van der Waals surface area contributed by atoms with Crippen LogP contribution in [0.25, 0.3) is 0 Å². The molecule has 0 aliphatic carbocycles. The van der Waals surface area contributed by atoms with Gasteiger partial charge in [0.05, 0.1) is 0 Å². The molecule has 0 aliphatic heterocycles. The van der Waals surface area contributed by atoms with Crippen LogP contribution in [0.1, 0.15) is 10.4 Å². The van der Waals surface area contributed by atoms with Crippen molar-refractivity contribution in [2.24, 2.45) is 14.1 Å². The number of rotatable bonds is 2. The summed E-state index contributed by atoms with van der Waals surface area (Å²) in [5, 5.41) is 2.43. The lowest BCUT2D eigenvalue weighted by molar-refractivity contribution is 0.102. The molecule has 0 unspecified atom stereocenters. The molecular weight excluding hydrogens is 274 g/mol. The van der Waals surface area contributed by atoms with Crippen molar-refractivity contribution in [2.45, 2.75) is 0 Å². The number of carbonyl (C=O) groups is 1. The SMILES string of the molecule is Cn1c(N)c(NC(=O)c2ccc(N)cc2)c(=O)n(C)c1=O. The van der Waals surface area contributed by atoms with Gasteiger partial charge in [-0.2, -0.15) is 0 Å². The molecule has 1 amide bonds. The number of anilines is 3. The predicted octanol–water partition coefficient (Wildman–Crippen LogP) is -0.499. The van der Waals surface area contributed by atoms with E-state index in [1.54, 1.807) is 12.1 Å². The third kappa shape index (κ3) is 2.50. The van der Waals surface area contributed by atoms with Crippen molar-refractivity contribution in [3.8, 4) is 0 Å². The van der Waals surface area contributed by atoms with E-state index in [4.69, 9.17) is 11.5 Å². The molecule has 1 aromatic carbocycles. The number of aromatic nitrogens is 2. The van der Waals surface area contributed by atoms with Crippen molar-refractivity contribution in [1.29, 1.82) is 0 Å². The highest BCUT2D eigenvalue weighted by Crippen LogP contribution is 2.12. The van der Waals surface area contributed by atoms with E-state index in [1.807, 2.05) is 0 Å². The molecule has 0 bridgehead atoms. The third-order valence-corrected chi connectivity index (χ3v) is 3.12. The normalized spacial score (nSPS) is 10.4. The first-order valence-electron chi connectivity index (χ1n) is 6.05. The largest absolute Gasteiger partial charge is 0.399 e. The van der Waals surface area contributed by atoms with Gasteiger partial charge in [0.25, 0.3) is 11.5 Å². The molecule has 110 valence electrons. The summed E-state index contributed by atoms with van der Waals surface area (Å²) in [7, 11) is 2.72. The quantitative estimate of drug-likeness (QED) is 0.643. The molecule has 2 rings (SSSR count). The smallest absolute Gasteiger partial charge is 0.332 e. The summed E-state index contributed by atoms with van der Waals surface area (Å²) < 4.78 is 1.95. The van der Waals surface area contributed by atoms with Gasteiger partial charge in [-0.1, -0.05) is 0 Å². The average molecular weight is 289 g/mol. The van der Waals surface area contributed by atoms with E-state index in [0.717, 1.165) is 9.13 Å². The summed E-state index contributed by atoms with van der Waals surface area (Å²) in [6, 6.07) is 6.18. The van der Waals surface area contributed by atoms with Crippen LogP contribution in [0.5, 0.6) is 0 Å². The van der Waals surface area contributed by atoms with Crippen LogP contribution in [-0.2, 0) is 14.1 Å². The first-order valence-corrected chi connectivity index (χ1v) is 6.05. The molecule has 0 saturated heterocycles. The average Bonchev–Trinajstić information content (AvgIpc) is 2.48. The summed E-state index contributed by atoms with van der Waals surface area (Å²) in [5.74, 6) is -0.621. The van der Waals surface area contributed by atoms with E-state index in [0.29, 0.717) is 11.3 Å². The van der Waals surface area contributed by atoms with Gasteiger partial charge in [0.15, 0.2) is 0 Å². The van der Waals surface area contributed by atoms with Gasteiger partial charge >= 0.3 is 5.69 Å². The lowest BCUT2D eigenvalue weighted by Gasteiger charge is -2.12. The molecule has 0 saturated carbocycles. The second-order valence-electron chi connectivity index (χ2n) is 4.54. The van der Waals surface area contributed by atoms with E-state index in [9.17, 15) is 14.4 Å². The number of nitrogen functional groups attached to an aromatic ring is 2. The molecule has 0 fully saturated rings. The fourth-order valence-electron chi connectivity index (χ4n) is 1.80. The number of nitrogens with zero attached hydrogens (tertiary/aromatic N) is 2. The summed E-state index contributed by atoms with van der Waals surface area (Å²) in [6.45, 7) is 0. The van der Waals surface area contributed by atoms with Crippen molar-refractivity contribution >= 4 is 23.1 Å². The molecule has 8 nitrogen and oxygen atoms in total. The summed E-state index contributed by atoms with van der Waals surface area (Å²) in [6.07, 6.45) is 0. The second-order valence-corrected chi connectivity index (χ2v) is 4.54. The van der Waals surface area contributed by atoms with Gasteiger partial charge in [0.1, 0.15) is 11.5 Å². The van der Waals surface area contributed by atoms with Crippen molar-refractivity contribution in [3.63, 3.8) is 0 Å². The fourth-order valence-corrected chi connectivity index (χ4v) is 1.80. The van der Waals surface area contributed by atoms with Crippen molar-refractivity contribution < 1.29 is 4.79 Å². The van der Waals surface area contributed by atoms with Gasteiger partial charge < -0.3 is 16.8 Å². The zero-order valence-electron chi connectivity index (χ0n) is 11.6. The molecular formula is C13H15N5O3. The van der Waals surface area contributed by atoms with Gasteiger partial charge in [-0.25, -0.2) is 4.79 Å². The highest BCUT2D eigenvalue weighted by Gasteiger charge is 2.16.